The van der Waals surface area contributed by atoms with E-state index in [0.29, 0.717) is 11.4 Å². The van der Waals surface area contributed by atoms with Gasteiger partial charge in [-0.2, -0.15) is 0 Å². The highest BCUT2D eigenvalue weighted by molar-refractivity contribution is 5.83. The van der Waals surface area contributed by atoms with Crippen LogP contribution in [0.1, 0.15) is 36.0 Å². The molecule has 1 heterocycles. The summed E-state index contributed by atoms with van der Waals surface area (Å²) in [6, 6.07) is 8.46. The Morgan fingerprint density at radius 1 is 1.26 bits per heavy atom. The number of aryl methyl sites for hydroxylation is 2. The van der Waals surface area contributed by atoms with Gasteiger partial charge in [0.1, 0.15) is 18.3 Å². The van der Waals surface area contributed by atoms with Crippen LogP contribution < -0.4 is 15.7 Å². The molecule has 0 bridgehead atoms. The number of nitrogens with zero attached hydrogens (tertiary/aromatic N) is 2. The molecule has 0 saturated carbocycles. The monoisotopic (exact) mass is 373 g/mol. The maximum Gasteiger partial charge on any atom is 0.325 e. The first-order valence-corrected chi connectivity index (χ1v) is 8.58. The lowest BCUT2D eigenvalue weighted by atomic mass is 10.2. The molecule has 1 aromatic heterocycles. The summed E-state index contributed by atoms with van der Waals surface area (Å²) in [7, 11) is 0. The number of rotatable bonds is 8. The number of aromatic nitrogens is 2. The molecule has 1 atom stereocenters. The predicted octanol–water partition coefficient (Wildman–Crippen LogP) is 1.01. The van der Waals surface area contributed by atoms with E-state index in [1.807, 2.05) is 30.3 Å². The van der Waals surface area contributed by atoms with E-state index in [4.69, 9.17) is 9.94 Å². The Labute approximate surface area is 156 Å². The molecule has 1 aromatic carbocycles. The van der Waals surface area contributed by atoms with Gasteiger partial charge in [0.25, 0.3) is 0 Å². The maximum atomic E-state index is 12.7. The second-order valence-electron chi connectivity index (χ2n) is 6.22. The average Bonchev–Trinajstić information content (AvgIpc) is 2.64. The normalized spacial score (nSPS) is 11.7. The number of carbonyl (C=O) groups is 2. The molecule has 144 valence electrons. The lowest BCUT2D eigenvalue weighted by molar-refractivity contribution is -0.141. The van der Waals surface area contributed by atoms with Crippen molar-refractivity contribution in [1.29, 1.82) is 0 Å². The molecule has 1 amide bonds. The summed E-state index contributed by atoms with van der Waals surface area (Å²) in [4.78, 5) is 45.2. The molecule has 27 heavy (non-hydrogen) atoms. The minimum absolute atomic E-state index is 0.0406. The van der Waals surface area contributed by atoms with Gasteiger partial charge in [-0.1, -0.05) is 30.3 Å². The molecule has 2 N–H and O–H groups in total. The zero-order chi connectivity index (χ0) is 20.0. The summed E-state index contributed by atoms with van der Waals surface area (Å²) in [5.74, 6) is -1.58. The first-order valence-electron chi connectivity index (χ1n) is 8.58. The van der Waals surface area contributed by atoms with Crippen LogP contribution >= 0.6 is 0 Å². The molecule has 1 unspecified atom stereocenters. The Morgan fingerprint density at radius 3 is 2.56 bits per heavy atom. The van der Waals surface area contributed by atoms with E-state index < -0.39 is 23.5 Å². The fourth-order valence-corrected chi connectivity index (χ4v) is 2.39. The highest BCUT2D eigenvalue weighted by Gasteiger charge is 2.17. The molecule has 0 aliphatic carbocycles. The average molecular weight is 373 g/mol. The van der Waals surface area contributed by atoms with E-state index >= 15 is 0 Å². The van der Waals surface area contributed by atoms with E-state index in [-0.39, 0.29) is 25.1 Å². The molecular weight excluding hydrogens is 350 g/mol. The second kappa shape index (κ2) is 8.98. The summed E-state index contributed by atoms with van der Waals surface area (Å²) in [5.41, 5.74) is 1.90. The van der Waals surface area contributed by atoms with Crippen LogP contribution in [0, 0.1) is 13.8 Å². The highest BCUT2D eigenvalue weighted by Crippen LogP contribution is 2.05. The van der Waals surface area contributed by atoms with E-state index in [1.54, 1.807) is 13.8 Å². The number of amides is 1. The number of hydrogen-bond donors (Lipinski definition) is 2. The van der Waals surface area contributed by atoms with Crippen LogP contribution in [0.3, 0.4) is 0 Å². The topological polar surface area (TPSA) is 111 Å². The van der Waals surface area contributed by atoms with Gasteiger partial charge in [-0.15, -0.1) is 4.73 Å². The van der Waals surface area contributed by atoms with Crippen molar-refractivity contribution in [2.24, 2.45) is 0 Å². The van der Waals surface area contributed by atoms with E-state index in [1.165, 1.54) is 11.7 Å². The van der Waals surface area contributed by atoms with Crippen LogP contribution in [-0.2, 0) is 22.6 Å². The molecular formula is C19H23N3O5. The summed E-state index contributed by atoms with van der Waals surface area (Å²) in [5, 5.41) is 11.2. The van der Waals surface area contributed by atoms with Crippen molar-refractivity contribution < 1.29 is 19.5 Å². The molecule has 0 saturated heterocycles. The first-order chi connectivity index (χ1) is 12.8. The fraction of sp³-hybridized carbons (Fsp3) is 0.368. The van der Waals surface area contributed by atoms with Gasteiger partial charge in [-0.3, -0.25) is 19.4 Å². The van der Waals surface area contributed by atoms with Gasteiger partial charge in [0, 0.05) is 12.8 Å². The molecule has 0 aliphatic rings. The van der Waals surface area contributed by atoms with Gasteiger partial charge in [-0.25, -0.2) is 0 Å². The molecule has 2 rings (SSSR count). The lowest BCUT2D eigenvalue weighted by Gasteiger charge is -2.15. The highest BCUT2D eigenvalue weighted by atomic mass is 16.7. The van der Waals surface area contributed by atoms with Gasteiger partial charge >= 0.3 is 11.5 Å². The number of benzene rings is 1. The number of aliphatic carboxylic acids is 1. The van der Waals surface area contributed by atoms with Gasteiger partial charge in [0.15, 0.2) is 0 Å². The Kier molecular flexibility index (Phi) is 6.70. The van der Waals surface area contributed by atoms with Crippen molar-refractivity contribution in [3.05, 3.63) is 63.3 Å². The zero-order valence-electron chi connectivity index (χ0n) is 15.6. The fourth-order valence-electron chi connectivity index (χ4n) is 2.39. The molecule has 8 nitrogen and oxygen atoms in total. The summed E-state index contributed by atoms with van der Waals surface area (Å²) in [6.07, 6.45) is 0.0495. The van der Waals surface area contributed by atoms with E-state index in [0.717, 1.165) is 5.56 Å². The molecule has 0 aliphatic heterocycles. The lowest BCUT2D eigenvalue weighted by Crippen LogP contribution is -2.39. The van der Waals surface area contributed by atoms with Crippen molar-refractivity contribution in [3.63, 3.8) is 0 Å². The van der Waals surface area contributed by atoms with Crippen LogP contribution in [0.4, 0.5) is 0 Å². The number of nitrogens with one attached hydrogen (secondary N) is 1. The standard InChI is InChI=1S/C19H23N3O5/c1-12-14(3)22(27-11-15-7-5-4-6-8-15)18(24)16(20-12)9-10-17(23)21-13(2)19(25)26/h4-8,13H,9-11H2,1-3H3,(H,21,23)(H,25,26). The quantitative estimate of drug-likeness (QED) is 0.715. The van der Waals surface area contributed by atoms with Crippen molar-refractivity contribution in [1.82, 2.24) is 15.0 Å². The number of carbonyl (C=O) groups excluding carboxylic acids is 1. The molecule has 0 fully saturated rings. The van der Waals surface area contributed by atoms with Crippen molar-refractivity contribution in [3.8, 4) is 0 Å². The second-order valence-corrected chi connectivity index (χ2v) is 6.22. The van der Waals surface area contributed by atoms with Crippen LogP contribution in [0.25, 0.3) is 0 Å². The Morgan fingerprint density at radius 2 is 1.93 bits per heavy atom. The van der Waals surface area contributed by atoms with Crippen LogP contribution in [0.2, 0.25) is 0 Å². The number of carboxylic acid groups (broad SMARTS) is 1. The van der Waals surface area contributed by atoms with E-state index in [9.17, 15) is 14.4 Å². The third-order valence-electron chi connectivity index (χ3n) is 4.10. The van der Waals surface area contributed by atoms with E-state index in [2.05, 4.69) is 10.3 Å². The third kappa shape index (κ3) is 5.40. The Balaban J connectivity index is 2.11. The largest absolute Gasteiger partial charge is 0.480 e. The molecule has 0 spiro atoms. The molecule has 2 aromatic rings. The third-order valence-corrected chi connectivity index (χ3v) is 4.10. The van der Waals surface area contributed by atoms with Crippen LogP contribution in [0.15, 0.2) is 35.1 Å². The van der Waals surface area contributed by atoms with Crippen molar-refractivity contribution >= 4 is 11.9 Å². The Bertz CT molecular complexity index is 877. The molecule has 0 radical (unpaired) electrons. The predicted molar refractivity (Wildman–Crippen MR) is 98.3 cm³/mol. The maximum absolute atomic E-state index is 12.7. The first kappa shape index (κ1) is 20.2. The van der Waals surface area contributed by atoms with Crippen molar-refractivity contribution in [2.45, 2.75) is 46.3 Å². The summed E-state index contributed by atoms with van der Waals surface area (Å²) in [6.45, 7) is 5.09. The Hall–Kier alpha value is -3.16. The van der Waals surface area contributed by atoms with Crippen molar-refractivity contribution in [2.75, 3.05) is 0 Å². The van der Waals surface area contributed by atoms with Gasteiger partial charge in [-0.05, 0) is 26.3 Å². The van der Waals surface area contributed by atoms with Crippen LogP contribution in [0.5, 0.6) is 0 Å². The summed E-state index contributed by atoms with van der Waals surface area (Å²) < 4.78 is 1.20. The van der Waals surface area contributed by atoms with Crippen LogP contribution in [-0.4, -0.2) is 32.7 Å². The molecule has 8 heteroatoms. The number of hydrogen-bond acceptors (Lipinski definition) is 5. The SMILES string of the molecule is Cc1nc(CCC(=O)NC(C)C(=O)O)c(=O)n(OCc2ccccc2)c1C. The smallest absolute Gasteiger partial charge is 0.325 e. The van der Waals surface area contributed by atoms with Gasteiger partial charge in [0.2, 0.25) is 5.91 Å². The zero-order valence-corrected chi connectivity index (χ0v) is 15.6. The van der Waals surface area contributed by atoms with Gasteiger partial charge < -0.3 is 15.3 Å². The minimum atomic E-state index is -1.12. The minimum Gasteiger partial charge on any atom is -0.480 e. The summed E-state index contributed by atoms with van der Waals surface area (Å²) >= 11 is 0. The van der Waals surface area contributed by atoms with Gasteiger partial charge in [0.05, 0.1) is 11.4 Å². The number of carboxylic acids is 1.